The summed E-state index contributed by atoms with van der Waals surface area (Å²) in [7, 11) is 0. The molecule has 0 amide bonds. The van der Waals surface area contributed by atoms with Crippen LogP contribution in [0.2, 0.25) is 0 Å². The molecule has 0 radical (unpaired) electrons. The summed E-state index contributed by atoms with van der Waals surface area (Å²) in [5.74, 6) is -0.401. The summed E-state index contributed by atoms with van der Waals surface area (Å²) in [6.45, 7) is 0.263. The zero-order valence-corrected chi connectivity index (χ0v) is 10.5. The quantitative estimate of drug-likeness (QED) is 0.636. The van der Waals surface area contributed by atoms with Gasteiger partial charge in [-0.05, 0) is 24.8 Å². The van der Waals surface area contributed by atoms with Crippen LogP contribution in [0, 0.1) is 21.8 Å². The lowest BCUT2D eigenvalue weighted by atomic mass is 10.0. The van der Waals surface area contributed by atoms with Gasteiger partial charge in [-0.25, -0.2) is 4.39 Å². The molecule has 5 nitrogen and oxygen atoms in total. The Morgan fingerprint density at radius 2 is 2.16 bits per heavy atom. The van der Waals surface area contributed by atoms with Crippen LogP contribution < -0.4 is 5.32 Å². The van der Waals surface area contributed by atoms with Gasteiger partial charge in [0.2, 0.25) is 0 Å². The lowest BCUT2D eigenvalue weighted by Crippen LogP contribution is -2.26. The monoisotopic (exact) mass is 268 g/mol. The normalized spacial score (nSPS) is 17.4. The fourth-order valence-corrected chi connectivity index (χ4v) is 2.48. The molecule has 0 heterocycles. The third-order valence-corrected chi connectivity index (χ3v) is 3.61. The van der Waals surface area contributed by atoms with Gasteiger partial charge in [-0.3, -0.25) is 10.1 Å². The summed E-state index contributed by atoms with van der Waals surface area (Å²) in [6.07, 6.45) is 3.77. The van der Waals surface area contributed by atoms with Crippen molar-refractivity contribution in [2.75, 3.05) is 11.9 Å². The number of nitro benzene ring substituents is 1. The molecule has 0 saturated heterocycles. The number of hydrogen-bond donors (Lipinski definition) is 2. The van der Waals surface area contributed by atoms with E-state index < -0.39 is 16.8 Å². The smallest absolute Gasteiger partial charge is 0.272 e. The number of non-ortho nitro benzene ring substituents is 1. The first-order valence-corrected chi connectivity index (χ1v) is 6.44. The first kappa shape index (κ1) is 13.7. The molecule has 1 unspecified atom stereocenters. The Labute approximate surface area is 110 Å². The lowest BCUT2D eigenvalue weighted by molar-refractivity contribution is -0.385. The highest BCUT2D eigenvalue weighted by molar-refractivity contribution is 5.50. The number of nitrogens with one attached hydrogen (secondary N) is 1. The summed E-state index contributed by atoms with van der Waals surface area (Å²) in [5, 5.41) is 23.2. The van der Waals surface area contributed by atoms with Gasteiger partial charge in [0.25, 0.3) is 5.69 Å². The molecular formula is C13H17FN2O3. The molecule has 0 spiro atoms. The topological polar surface area (TPSA) is 75.4 Å². The summed E-state index contributed by atoms with van der Waals surface area (Å²) in [6, 6.07) is 3.45. The standard InChI is InChI=1S/C13H17FN2O3/c14-11-7-10(16(18)19)5-6-12(11)15-8-13(17)9-3-1-2-4-9/h5-7,9,13,15,17H,1-4,8H2. The van der Waals surface area contributed by atoms with Crippen molar-refractivity contribution in [3.8, 4) is 0 Å². The maximum Gasteiger partial charge on any atom is 0.272 e. The van der Waals surface area contributed by atoms with Gasteiger partial charge in [0.1, 0.15) is 0 Å². The van der Waals surface area contributed by atoms with Crippen LogP contribution in [0.1, 0.15) is 25.7 Å². The molecule has 0 bridgehead atoms. The Morgan fingerprint density at radius 3 is 2.74 bits per heavy atom. The highest BCUT2D eigenvalue weighted by atomic mass is 19.1. The largest absolute Gasteiger partial charge is 0.391 e. The van der Waals surface area contributed by atoms with Crippen LogP contribution >= 0.6 is 0 Å². The van der Waals surface area contributed by atoms with E-state index >= 15 is 0 Å². The van der Waals surface area contributed by atoms with Crippen molar-refractivity contribution in [1.82, 2.24) is 0 Å². The number of aliphatic hydroxyl groups excluding tert-OH is 1. The average Bonchev–Trinajstić information content (AvgIpc) is 2.90. The molecule has 0 aromatic heterocycles. The van der Waals surface area contributed by atoms with Gasteiger partial charge < -0.3 is 10.4 Å². The van der Waals surface area contributed by atoms with Crippen molar-refractivity contribution in [2.45, 2.75) is 31.8 Å². The third kappa shape index (κ3) is 3.41. The number of halogens is 1. The predicted octanol–water partition coefficient (Wildman–Crippen LogP) is 2.70. The fraction of sp³-hybridized carbons (Fsp3) is 0.538. The molecule has 0 aliphatic heterocycles. The van der Waals surface area contributed by atoms with Crippen LogP contribution in [-0.2, 0) is 0 Å². The highest BCUT2D eigenvalue weighted by Crippen LogP contribution is 2.28. The van der Waals surface area contributed by atoms with E-state index in [2.05, 4.69) is 5.32 Å². The van der Waals surface area contributed by atoms with E-state index in [-0.39, 0.29) is 23.8 Å². The van der Waals surface area contributed by atoms with Crippen LogP contribution in [0.15, 0.2) is 18.2 Å². The summed E-state index contributed by atoms with van der Waals surface area (Å²) in [4.78, 5) is 9.84. The Bertz CT molecular complexity index is 461. The van der Waals surface area contributed by atoms with Crippen molar-refractivity contribution >= 4 is 11.4 Å². The van der Waals surface area contributed by atoms with Gasteiger partial charge in [-0.2, -0.15) is 0 Å². The van der Waals surface area contributed by atoms with Crippen LogP contribution in [-0.4, -0.2) is 22.7 Å². The molecular weight excluding hydrogens is 251 g/mol. The van der Waals surface area contributed by atoms with E-state index in [1.165, 1.54) is 12.1 Å². The third-order valence-electron chi connectivity index (χ3n) is 3.61. The molecule has 6 heteroatoms. The molecule has 104 valence electrons. The van der Waals surface area contributed by atoms with Crippen molar-refractivity contribution < 1.29 is 14.4 Å². The maximum atomic E-state index is 13.6. The van der Waals surface area contributed by atoms with Gasteiger partial charge in [-0.15, -0.1) is 0 Å². The molecule has 19 heavy (non-hydrogen) atoms. The molecule has 1 aromatic rings. The Morgan fingerprint density at radius 1 is 1.47 bits per heavy atom. The number of benzene rings is 1. The van der Waals surface area contributed by atoms with Gasteiger partial charge in [0.05, 0.1) is 22.8 Å². The summed E-state index contributed by atoms with van der Waals surface area (Å²) < 4.78 is 13.6. The Hall–Kier alpha value is -1.69. The predicted molar refractivity (Wildman–Crippen MR) is 69.5 cm³/mol. The zero-order valence-electron chi connectivity index (χ0n) is 10.5. The number of nitro groups is 1. The Balaban J connectivity index is 1.93. The number of aliphatic hydroxyl groups is 1. The SMILES string of the molecule is O=[N+]([O-])c1ccc(NCC(O)C2CCCC2)c(F)c1. The minimum Gasteiger partial charge on any atom is -0.391 e. The van der Waals surface area contributed by atoms with Gasteiger partial charge in [0, 0.05) is 12.6 Å². The van der Waals surface area contributed by atoms with E-state index in [1.54, 1.807) is 0 Å². The van der Waals surface area contributed by atoms with Crippen molar-refractivity contribution in [3.05, 3.63) is 34.1 Å². The van der Waals surface area contributed by atoms with Gasteiger partial charge in [-0.1, -0.05) is 12.8 Å². The number of rotatable bonds is 5. The maximum absolute atomic E-state index is 13.6. The second-order valence-electron chi connectivity index (χ2n) is 4.91. The van der Waals surface area contributed by atoms with Gasteiger partial charge in [0.15, 0.2) is 5.82 Å². The van der Waals surface area contributed by atoms with E-state index in [4.69, 9.17) is 0 Å². The second-order valence-corrected chi connectivity index (χ2v) is 4.91. The molecule has 1 aromatic carbocycles. The van der Waals surface area contributed by atoms with E-state index in [0.29, 0.717) is 0 Å². The highest BCUT2D eigenvalue weighted by Gasteiger charge is 2.23. The molecule has 2 N–H and O–H groups in total. The van der Waals surface area contributed by atoms with Crippen molar-refractivity contribution in [1.29, 1.82) is 0 Å². The molecule has 1 atom stereocenters. The summed E-state index contributed by atoms with van der Waals surface area (Å²) in [5.41, 5.74) is -0.0953. The van der Waals surface area contributed by atoms with Crippen LogP contribution in [0.25, 0.3) is 0 Å². The van der Waals surface area contributed by atoms with Gasteiger partial charge >= 0.3 is 0 Å². The van der Waals surface area contributed by atoms with Crippen LogP contribution in [0.4, 0.5) is 15.8 Å². The molecule has 1 aliphatic rings. The first-order chi connectivity index (χ1) is 9.08. The number of nitrogens with zero attached hydrogens (tertiary/aromatic N) is 1. The average molecular weight is 268 g/mol. The van der Waals surface area contributed by atoms with E-state index in [0.717, 1.165) is 31.7 Å². The second kappa shape index (κ2) is 5.97. The summed E-state index contributed by atoms with van der Waals surface area (Å²) >= 11 is 0. The minimum atomic E-state index is -0.673. The number of anilines is 1. The number of hydrogen-bond acceptors (Lipinski definition) is 4. The minimum absolute atomic E-state index is 0.183. The molecule has 1 aliphatic carbocycles. The lowest BCUT2D eigenvalue weighted by Gasteiger charge is -2.18. The molecule has 1 saturated carbocycles. The van der Waals surface area contributed by atoms with Crippen molar-refractivity contribution in [2.24, 2.45) is 5.92 Å². The molecule has 2 rings (SSSR count). The fourth-order valence-electron chi connectivity index (χ4n) is 2.48. The van der Waals surface area contributed by atoms with E-state index in [9.17, 15) is 19.6 Å². The zero-order chi connectivity index (χ0) is 13.8. The molecule has 1 fully saturated rings. The van der Waals surface area contributed by atoms with Crippen LogP contribution in [0.5, 0.6) is 0 Å². The van der Waals surface area contributed by atoms with Crippen LogP contribution in [0.3, 0.4) is 0 Å². The van der Waals surface area contributed by atoms with Crippen molar-refractivity contribution in [3.63, 3.8) is 0 Å². The first-order valence-electron chi connectivity index (χ1n) is 6.44. The Kier molecular flexibility index (Phi) is 4.31. The van der Waals surface area contributed by atoms with E-state index in [1.807, 2.05) is 0 Å².